The maximum atomic E-state index is 10.4. The van der Waals surface area contributed by atoms with Crippen molar-refractivity contribution in [2.75, 3.05) is 0 Å². The second-order valence-electron chi connectivity index (χ2n) is 1.51. The van der Waals surface area contributed by atoms with Crippen LogP contribution in [0.1, 0.15) is 4.88 Å². The van der Waals surface area contributed by atoms with Crippen LogP contribution in [0.4, 0.5) is 0 Å². The summed E-state index contributed by atoms with van der Waals surface area (Å²) in [5.74, 6) is 0.471. The number of halogens is 1. The normalized spacial score (nSPS) is 13.4. The van der Waals surface area contributed by atoms with E-state index < -0.39 is 10.0 Å². The second-order valence-corrected chi connectivity index (χ2v) is 4.45. The van der Waals surface area contributed by atoms with Crippen LogP contribution in [0, 0.1) is 0 Å². The Morgan fingerprint density at radius 2 is 2.56 bits per heavy atom. The Balaban J connectivity index is 2.58. The van der Waals surface area contributed by atoms with Crippen LogP contribution in [0.3, 0.4) is 0 Å². The van der Waals surface area contributed by atoms with E-state index in [1.54, 1.807) is 11.3 Å². The number of hydrogen-bond acceptors (Lipinski definition) is 2. The van der Waals surface area contributed by atoms with Gasteiger partial charge in [-0.2, -0.15) is 0 Å². The summed E-state index contributed by atoms with van der Waals surface area (Å²) in [7, 11) is 4.04. The Kier molecular flexibility index (Phi) is 2.69. The first-order valence-corrected chi connectivity index (χ1v) is 5.38. The first-order chi connectivity index (χ1) is 4.29. The van der Waals surface area contributed by atoms with E-state index in [1.807, 2.05) is 17.5 Å². The van der Waals surface area contributed by atoms with Gasteiger partial charge in [-0.15, -0.1) is 11.3 Å². The average molecular weight is 181 g/mol. The van der Waals surface area contributed by atoms with Gasteiger partial charge in [-0.1, -0.05) is 6.07 Å². The first kappa shape index (κ1) is 7.25. The molecule has 0 bridgehead atoms. The van der Waals surface area contributed by atoms with Gasteiger partial charge in [0, 0.05) is 4.88 Å². The molecular weight excluding hydrogens is 176 g/mol. The fourth-order valence-corrected chi connectivity index (χ4v) is 2.46. The van der Waals surface area contributed by atoms with Crippen molar-refractivity contribution in [3.05, 3.63) is 22.4 Å². The molecular formula is C5H5ClOS2. The molecule has 0 amide bonds. The van der Waals surface area contributed by atoms with Gasteiger partial charge >= 0.3 is 0 Å². The molecule has 50 valence electrons. The van der Waals surface area contributed by atoms with Crippen LogP contribution < -0.4 is 0 Å². The monoisotopic (exact) mass is 180 g/mol. The van der Waals surface area contributed by atoms with Crippen LogP contribution in [0.15, 0.2) is 17.5 Å². The maximum absolute atomic E-state index is 10.4. The Hall–Kier alpha value is 0.140. The Morgan fingerprint density at radius 1 is 1.78 bits per heavy atom. The molecule has 1 atom stereocenters. The number of rotatable bonds is 2. The minimum Gasteiger partial charge on any atom is -0.242 e. The molecule has 0 fully saturated rings. The summed E-state index contributed by atoms with van der Waals surface area (Å²) >= 11 is 1.57. The molecule has 1 unspecified atom stereocenters. The van der Waals surface area contributed by atoms with Gasteiger partial charge in [-0.05, 0) is 22.1 Å². The van der Waals surface area contributed by atoms with Gasteiger partial charge in [0.05, 0.1) is 5.75 Å². The predicted octanol–water partition coefficient (Wildman–Crippen LogP) is 2.15. The number of hydrogen-bond donors (Lipinski definition) is 0. The fraction of sp³-hybridized carbons (Fsp3) is 0.200. The van der Waals surface area contributed by atoms with Crippen molar-refractivity contribution in [3.8, 4) is 0 Å². The van der Waals surface area contributed by atoms with E-state index in [1.165, 1.54) is 0 Å². The largest absolute Gasteiger partial charge is 0.242 e. The quantitative estimate of drug-likeness (QED) is 0.638. The van der Waals surface area contributed by atoms with Crippen LogP contribution in [-0.4, -0.2) is 4.21 Å². The number of thiophene rings is 1. The molecule has 0 N–H and O–H groups in total. The lowest BCUT2D eigenvalue weighted by atomic mass is 10.5. The Bertz CT molecular complexity index is 195. The highest BCUT2D eigenvalue weighted by Crippen LogP contribution is 2.11. The highest BCUT2D eigenvalue weighted by molar-refractivity contribution is 8.07. The zero-order valence-corrected chi connectivity index (χ0v) is 6.93. The molecule has 0 radical (unpaired) electrons. The third-order valence-corrected chi connectivity index (χ3v) is 2.76. The predicted molar refractivity (Wildman–Crippen MR) is 42.0 cm³/mol. The van der Waals surface area contributed by atoms with Crippen molar-refractivity contribution >= 4 is 32.0 Å². The summed E-state index contributed by atoms with van der Waals surface area (Å²) in [6, 6.07) is 3.84. The average Bonchev–Trinajstić information content (AvgIpc) is 2.15. The third kappa shape index (κ3) is 2.47. The van der Waals surface area contributed by atoms with Gasteiger partial charge in [0.15, 0.2) is 0 Å². The SMILES string of the molecule is O=S(Cl)Cc1cccs1. The van der Waals surface area contributed by atoms with Crippen LogP contribution >= 0.6 is 22.0 Å². The second kappa shape index (κ2) is 3.34. The summed E-state index contributed by atoms with van der Waals surface area (Å²) in [6.07, 6.45) is 0. The van der Waals surface area contributed by atoms with Crippen LogP contribution in [-0.2, 0) is 15.8 Å². The molecule has 0 aliphatic carbocycles. The molecule has 0 spiro atoms. The van der Waals surface area contributed by atoms with Gasteiger partial charge < -0.3 is 0 Å². The van der Waals surface area contributed by atoms with Gasteiger partial charge in [0.2, 0.25) is 0 Å². The smallest absolute Gasteiger partial charge is 0.120 e. The van der Waals surface area contributed by atoms with Crippen molar-refractivity contribution in [1.82, 2.24) is 0 Å². The first-order valence-electron chi connectivity index (χ1n) is 2.36. The topological polar surface area (TPSA) is 17.1 Å². The summed E-state index contributed by atoms with van der Waals surface area (Å²) in [5.41, 5.74) is 0. The van der Waals surface area contributed by atoms with E-state index >= 15 is 0 Å². The van der Waals surface area contributed by atoms with Crippen LogP contribution in [0.25, 0.3) is 0 Å². The standard InChI is InChI=1S/C5H5ClOS2/c6-9(7)4-5-2-1-3-8-5/h1-3H,4H2. The van der Waals surface area contributed by atoms with E-state index in [0.29, 0.717) is 5.75 Å². The molecule has 1 heterocycles. The van der Waals surface area contributed by atoms with E-state index in [2.05, 4.69) is 0 Å². The Labute approximate surface area is 64.6 Å². The molecule has 9 heavy (non-hydrogen) atoms. The highest BCUT2D eigenvalue weighted by Gasteiger charge is 1.96. The van der Waals surface area contributed by atoms with Gasteiger partial charge in [-0.25, -0.2) is 4.21 Å². The van der Waals surface area contributed by atoms with Crippen LogP contribution in [0.2, 0.25) is 0 Å². The molecule has 1 aromatic heterocycles. The van der Waals surface area contributed by atoms with Crippen LogP contribution in [0.5, 0.6) is 0 Å². The summed E-state index contributed by atoms with van der Waals surface area (Å²) in [6.45, 7) is 0. The minimum absolute atomic E-state index is 0.471. The Morgan fingerprint density at radius 3 is 3.00 bits per heavy atom. The van der Waals surface area contributed by atoms with Crippen molar-refractivity contribution in [2.24, 2.45) is 0 Å². The zero-order valence-electron chi connectivity index (χ0n) is 4.54. The van der Waals surface area contributed by atoms with Gasteiger partial charge in [-0.3, -0.25) is 0 Å². The van der Waals surface area contributed by atoms with E-state index in [0.717, 1.165) is 4.88 Å². The van der Waals surface area contributed by atoms with Crippen molar-refractivity contribution in [2.45, 2.75) is 5.75 Å². The molecule has 0 saturated heterocycles. The molecule has 1 aromatic rings. The minimum atomic E-state index is -1.21. The molecule has 1 nitrogen and oxygen atoms in total. The molecule has 0 aliphatic rings. The van der Waals surface area contributed by atoms with Crippen molar-refractivity contribution < 1.29 is 4.21 Å². The lowest BCUT2D eigenvalue weighted by Gasteiger charge is -1.85. The van der Waals surface area contributed by atoms with Gasteiger partial charge in [0.25, 0.3) is 0 Å². The summed E-state index contributed by atoms with van der Waals surface area (Å²) < 4.78 is 10.4. The third-order valence-electron chi connectivity index (χ3n) is 0.836. The molecule has 0 saturated carbocycles. The lowest BCUT2D eigenvalue weighted by molar-refractivity contribution is 0.691. The van der Waals surface area contributed by atoms with Gasteiger partial charge in [0.1, 0.15) is 10.0 Å². The van der Waals surface area contributed by atoms with E-state index in [4.69, 9.17) is 10.7 Å². The summed E-state index contributed by atoms with van der Waals surface area (Å²) in [4.78, 5) is 1.07. The maximum Gasteiger partial charge on any atom is 0.120 e. The summed E-state index contributed by atoms with van der Waals surface area (Å²) in [5, 5.41) is 1.94. The van der Waals surface area contributed by atoms with E-state index in [9.17, 15) is 4.21 Å². The molecule has 4 heteroatoms. The molecule has 0 aromatic carbocycles. The molecule has 0 aliphatic heterocycles. The lowest BCUT2D eigenvalue weighted by Crippen LogP contribution is -1.80. The molecule has 1 rings (SSSR count). The fourth-order valence-electron chi connectivity index (χ4n) is 0.507. The zero-order chi connectivity index (χ0) is 6.69. The van der Waals surface area contributed by atoms with Crippen molar-refractivity contribution in [3.63, 3.8) is 0 Å². The highest BCUT2D eigenvalue weighted by atomic mass is 35.7. The van der Waals surface area contributed by atoms with E-state index in [-0.39, 0.29) is 0 Å². The van der Waals surface area contributed by atoms with Crippen molar-refractivity contribution in [1.29, 1.82) is 0 Å².